The number of ether oxygens (including phenoxy) is 1. The van der Waals surface area contributed by atoms with Gasteiger partial charge in [0, 0.05) is 19.2 Å². The number of nitro benzene ring substituents is 1. The van der Waals surface area contributed by atoms with Crippen molar-refractivity contribution in [2.24, 2.45) is 11.8 Å². The summed E-state index contributed by atoms with van der Waals surface area (Å²) in [5.41, 5.74) is 0.566. The SMILES string of the molecule is C[C@@H]1C[C@@H](C)CN(c2ccc(C(=O)O[C@H](C)C(=O)Nc3cccc(Cl)c3Cl)cc2[N+](=O)[O-])C1. The Bertz CT molecular complexity index is 1070. The Balaban J connectivity index is 1.74. The smallest absolute Gasteiger partial charge is 0.339 e. The lowest BCUT2D eigenvalue weighted by Gasteiger charge is -2.36. The predicted molar refractivity (Wildman–Crippen MR) is 128 cm³/mol. The maximum atomic E-state index is 12.6. The first-order chi connectivity index (χ1) is 15.6. The van der Waals surface area contributed by atoms with E-state index in [0.717, 1.165) is 6.42 Å². The molecule has 33 heavy (non-hydrogen) atoms. The molecule has 1 aliphatic rings. The van der Waals surface area contributed by atoms with Crippen LogP contribution in [0.3, 0.4) is 0 Å². The summed E-state index contributed by atoms with van der Waals surface area (Å²) in [4.78, 5) is 38.3. The van der Waals surface area contributed by atoms with Crippen molar-refractivity contribution in [3.05, 3.63) is 62.1 Å². The quantitative estimate of drug-likeness (QED) is 0.320. The fraction of sp³-hybridized carbons (Fsp3) is 0.391. The Kier molecular flexibility index (Phi) is 7.81. The average molecular weight is 494 g/mol. The molecule has 3 atom stereocenters. The molecular formula is C23H25Cl2N3O5. The summed E-state index contributed by atoms with van der Waals surface area (Å²) in [7, 11) is 0. The van der Waals surface area contributed by atoms with Gasteiger partial charge >= 0.3 is 5.97 Å². The van der Waals surface area contributed by atoms with Crippen molar-refractivity contribution >= 4 is 52.1 Å². The van der Waals surface area contributed by atoms with Gasteiger partial charge in [-0.05, 0) is 49.4 Å². The fourth-order valence-electron chi connectivity index (χ4n) is 4.04. The molecule has 0 bridgehead atoms. The van der Waals surface area contributed by atoms with E-state index in [0.29, 0.717) is 30.6 Å². The standard InChI is InChI=1S/C23H25Cl2N3O5/c1-13-9-14(2)12-27(11-13)19-8-7-16(10-20(19)28(31)32)23(30)33-15(3)22(29)26-18-6-4-5-17(24)21(18)25/h4-8,10,13-15H,9,11-12H2,1-3H3,(H,26,29)/t13-,14-,15-/m1/s1. The van der Waals surface area contributed by atoms with E-state index in [9.17, 15) is 19.7 Å². The molecule has 10 heteroatoms. The zero-order valence-electron chi connectivity index (χ0n) is 18.5. The van der Waals surface area contributed by atoms with E-state index in [2.05, 4.69) is 19.2 Å². The molecule has 0 radical (unpaired) electrons. The number of esters is 1. The van der Waals surface area contributed by atoms with Crippen molar-refractivity contribution in [2.75, 3.05) is 23.3 Å². The summed E-state index contributed by atoms with van der Waals surface area (Å²) in [5.74, 6) is -0.643. The number of amides is 1. The van der Waals surface area contributed by atoms with E-state index in [4.69, 9.17) is 27.9 Å². The van der Waals surface area contributed by atoms with Crippen molar-refractivity contribution < 1.29 is 19.2 Å². The second-order valence-corrected chi connectivity index (χ2v) is 9.23. The van der Waals surface area contributed by atoms with Gasteiger partial charge in [0.25, 0.3) is 11.6 Å². The molecule has 1 amide bonds. The monoisotopic (exact) mass is 493 g/mol. The first kappa shape index (κ1) is 24.8. The van der Waals surface area contributed by atoms with Crippen molar-refractivity contribution in [1.29, 1.82) is 0 Å². The Morgan fingerprint density at radius 1 is 1.18 bits per heavy atom. The van der Waals surface area contributed by atoms with Crippen molar-refractivity contribution in [2.45, 2.75) is 33.3 Å². The molecule has 3 rings (SSSR count). The van der Waals surface area contributed by atoms with Crippen LogP contribution >= 0.6 is 23.2 Å². The van der Waals surface area contributed by atoms with Crippen LogP contribution in [0.2, 0.25) is 10.0 Å². The summed E-state index contributed by atoms with van der Waals surface area (Å²) >= 11 is 12.0. The number of piperidine rings is 1. The number of carbonyl (C=O) groups excluding carboxylic acids is 2. The first-order valence-electron chi connectivity index (χ1n) is 10.6. The van der Waals surface area contributed by atoms with Crippen LogP contribution < -0.4 is 10.2 Å². The van der Waals surface area contributed by atoms with E-state index in [-0.39, 0.29) is 27.0 Å². The molecule has 2 aromatic carbocycles. The van der Waals surface area contributed by atoms with E-state index in [1.807, 2.05) is 4.90 Å². The first-order valence-corrected chi connectivity index (χ1v) is 11.3. The van der Waals surface area contributed by atoms with Gasteiger partial charge in [0.05, 0.1) is 26.2 Å². The molecule has 0 spiro atoms. The lowest BCUT2D eigenvalue weighted by atomic mass is 9.91. The van der Waals surface area contributed by atoms with Crippen LogP contribution in [0.5, 0.6) is 0 Å². The minimum atomic E-state index is -1.17. The van der Waals surface area contributed by atoms with Gasteiger partial charge in [0.1, 0.15) is 5.69 Å². The van der Waals surface area contributed by atoms with E-state index in [1.54, 1.807) is 24.3 Å². The lowest BCUT2D eigenvalue weighted by Crippen LogP contribution is -2.39. The molecule has 2 aromatic rings. The summed E-state index contributed by atoms with van der Waals surface area (Å²) in [5, 5.41) is 14.7. The second-order valence-electron chi connectivity index (χ2n) is 8.45. The Labute approximate surface area is 202 Å². The number of hydrogen-bond donors (Lipinski definition) is 1. The average Bonchev–Trinajstić information content (AvgIpc) is 2.75. The normalized spacial score (nSPS) is 19.0. The van der Waals surface area contributed by atoms with E-state index >= 15 is 0 Å². The molecule has 0 aromatic heterocycles. The number of anilines is 2. The number of carbonyl (C=O) groups is 2. The van der Waals surface area contributed by atoms with Gasteiger partial charge in [-0.15, -0.1) is 0 Å². The molecule has 0 aliphatic carbocycles. The molecule has 1 fully saturated rings. The maximum absolute atomic E-state index is 12.6. The zero-order valence-corrected chi connectivity index (χ0v) is 20.0. The highest BCUT2D eigenvalue weighted by Crippen LogP contribution is 2.34. The van der Waals surface area contributed by atoms with Gasteiger partial charge in [-0.3, -0.25) is 14.9 Å². The number of hydrogen-bond acceptors (Lipinski definition) is 6. The predicted octanol–water partition coefficient (Wildman–Crippen LogP) is 5.57. The van der Waals surface area contributed by atoms with Gasteiger partial charge in [-0.2, -0.15) is 0 Å². The van der Waals surface area contributed by atoms with Crippen molar-refractivity contribution in [3.63, 3.8) is 0 Å². The number of nitrogens with zero attached hydrogens (tertiary/aromatic N) is 2. The van der Waals surface area contributed by atoms with E-state index in [1.165, 1.54) is 19.1 Å². The molecule has 0 unspecified atom stereocenters. The second kappa shape index (κ2) is 10.4. The number of nitrogens with one attached hydrogen (secondary N) is 1. The van der Waals surface area contributed by atoms with Crippen LogP contribution in [-0.2, 0) is 9.53 Å². The van der Waals surface area contributed by atoms with Gasteiger partial charge in [0.15, 0.2) is 6.10 Å². The Hall–Kier alpha value is -2.84. The molecule has 1 heterocycles. The minimum Gasteiger partial charge on any atom is -0.449 e. The van der Waals surface area contributed by atoms with Crippen LogP contribution in [0.1, 0.15) is 37.6 Å². The van der Waals surface area contributed by atoms with Crippen LogP contribution in [-0.4, -0.2) is 36.0 Å². The molecule has 0 saturated carbocycles. The number of halogens is 2. The van der Waals surface area contributed by atoms with Gasteiger partial charge in [0.2, 0.25) is 0 Å². The molecule has 1 N–H and O–H groups in total. The topological polar surface area (TPSA) is 102 Å². The number of rotatable bonds is 6. The van der Waals surface area contributed by atoms with Crippen molar-refractivity contribution in [1.82, 2.24) is 0 Å². The minimum absolute atomic E-state index is 0.0102. The zero-order chi connectivity index (χ0) is 24.3. The van der Waals surface area contributed by atoms with Gasteiger partial charge in [-0.1, -0.05) is 43.1 Å². The third-order valence-electron chi connectivity index (χ3n) is 5.48. The van der Waals surface area contributed by atoms with Crippen LogP contribution in [0, 0.1) is 22.0 Å². The maximum Gasteiger partial charge on any atom is 0.339 e. The largest absolute Gasteiger partial charge is 0.449 e. The van der Waals surface area contributed by atoms with Crippen LogP contribution in [0.4, 0.5) is 17.1 Å². The van der Waals surface area contributed by atoms with Crippen LogP contribution in [0.15, 0.2) is 36.4 Å². The fourth-order valence-corrected chi connectivity index (χ4v) is 4.39. The molecule has 1 aliphatic heterocycles. The van der Waals surface area contributed by atoms with Crippen LogP contribution in [0.25, 0.3) is 0 Å². The summed E-state index contributed by atoms with van der Waals surface area (Å²) < 4.78 is 5.23. The molecule has 1 saturated heterocycles. The van der Waals surface area contributed by atoms with Gasteiger partial charge in [-0.25, -0.2) is 4.79 Å². The highest BCUT2D eigenvalue weighted by atomic mass is 35.5. The van der Waals surface area contributed by atoms with E-state index < -0.39 is 22.9 Å². The third-order valence-corrected chi connectivity index (χ3v) is 6.30. The lowest BCUT2D eigenvalue weighted by molar-refractivity contribution is -0.384. The number of nitro groups is 1. The molecule has 8 nitrogen and oxygen atoms in total. The summed E-state index contributed by atoms with van der Waals surface area (Å²) in [6.45, 7) is 7.04. The van der Waals surface area contributed by atoms with Gasteiger partial charge < -0.3 is 15.0 Å². The molecular weight excluding hydrogens is 469 g/mol. The molecule has 176 valence electrons. The Morgan fingerprint density at radius 2 is 1.85 bits per heavy atom. The summed E-state index contributed by atoms with van der Waals surface area (Å²) in [6, 6.07) is 8.99. The highest BCUT2D eigenvalue weighted by molar-refractivity contribution is 6.44. The highest BCUT2D eigenvalue weighted by Gasteiger charge is 2.29. The number of benzene rings is 2. The Morgan fingerprint density at radius 3 is 2.48 bits per heavy atom. The third kappa shape index (κ3) is 5.94. The summed E-state index contributed by atoms with van der Waals surface area (Å²) in [6.07, 6.45) is -0.107. The van der Waals surface area contributed by atoms with Crippen molar-refractivity contribution in [3.8, 4) is 0 Å².